The van der Waals surface area contributed by atoms with E-state index in [1.54, 1.807) is 0 Å². The lowest BCUT2D eigenvalue weighted by Gasteiger charge is -2.36. The highest BCUT2D eigenvalue weighted by Gasteiger charge is 2.33. The third kappa shape index (κ3) is 2.89. The van der Waals surface area contributed by atoms with Gasteiger partial charge in [-0.25, -0.2) is 0 Å². The predicted molar refractivity (Wildman–Crippen MR) is 72.4 cm³/mol. The standard InChI is InChI=1S/C12H16BrNO2S/c13-9-4-7-17-10(9)11(16)14-12(8-15)5-2-1-3-6-12/h4,7,15H,1-3,5-6,8H2,(H,14,16). The molecule has 1 aliphatic carbocycles. The number of aliphatic hydroxyl groups is 1. The average Bonchev–Trinajstić information content (AvgIpc) is 2.77. The number of hydrogen-bond donors (Lipinski definition) is 2. The highest BCUT2D eigenvalue weighted by Crippen LogP contribution is 2.29. The largest absolute Gasteiger partial charge is 0.394 e. The zero-order chi connectivity index (χ0) is 12.3. The number of carbonyl (C=O) groups excluding carboxylic acids is 1. The maximum absolute atomic E-state index is 12.1. The summed E-state index contributed by atoms with van der Waals surface area (Å²) in [6, 6.07) is 1.87. The summed E-state index contributed by atoms with van der Waals surface area (Å²) in [6.45, 7) is 0.0295. The summed E-state index contributed by atoms with van der Waals surface area (Å²) in [4.78, 5) is 12.8. The molecule has 1 heterocycles. The second-order valence-corrected chi connectivity index (χ2v) is 6.32. The van der Waals surface area contributed by atoms with Crippen LogP contribution in [0.25, 0.3) is 0 Å². The van der Waals surface area contributed by atoms with Crippen molar-refractivity contribution in [3.8, 4) is 0 Å². The summed E-state index contributed by atoms with van der Waals surface area (Å²) in [5.41, 5.74) is -0.404. The first-order valence-corrected chi connectivity index (χ1v) is 7.50. The Morgan fingerprint density at radius 2 is 2.18 bits per heavy atom. The van der Waals surface area contributed by atoms with Gasteiger partial charge in [0.2, 0.25) is 0 Å². The highest BCUT2D eigenvalue weighted by molar-refractivity contribution is 9.10. The minimum Gasteiger partial charge on any atom is -0.394 e. The Morgan fingerprint density at radius 3 is 2.71 bits per heavy atom. The molecular weight excluding hydrogens is 302 g/mol. The number of thiophene rings is 1. The molecule has 17 heavy (non-hydrogen) atoms. The summed E-state index contributed by atoms with van der Waals surface area (Å²) in [5, 5.41) is 14.4. The van der Waals surface area contributed by atoms with Crippen LogP contribution < -0.4 is 5.32 Å². The summed E-state index contributed by atoms with van der Waals surface area (Å²) < 4.78 is 0.823. The van der Waals surface area contributed by atoms with Crippen molar-refractivity contribution in [1.82, 2.24) is 5.32 Å². The van der Waals surface area contributed by atoms with Crippen molar-refractivity contribution in [2.24, 2.45) is 0 Å². The van der Waals surface area contributed by atoms with Gasteiger partial charge in [-0.05, 0) is 40.2 Å². The highest BCUT2D eigenvalue weighted by atomic mass is 79.9. The summed E-state index contributed by atoms with van der Waals surface area (Å²) in [6.07, 6.45) is 5.09. The molecule has 0 radical (unpaired) electrons. The van der Waals surface area contributed by atoms with Crippen LogP contribution in [-0.2, 0) is 0 Å². The Kier molecular flexibility index (Phi) is 4.22. The number of carbonyl (C=O) groups is 1. The van der Waals surface area contributed by atoms with Gasteiger partial charge >= 0.3 is 0 Å². The molecule has 1 fully saturated rings. The number of amides is 1. The third-order valence-corrected chi connectivity index (χ3v) is 5.15. The summed E-state index contributed by atoms with van der Waals surface area (Å²) in [5.74, 6) is -0.0807. The molecule has 5 heteroatoms. The van der Waals surface area contributed by atoms with Crippen molar-refractivity contribution in [1.29, 1.82) is 0 Å². The van der Waals surface area contributed by atoms with Gasteiger partial charge in [0.05, 0.1) is 12.1 Å². The molecule has 2 N–H and O–H groups in total. The van der Waals surface area contributed by atoms with E-state index in [4.69, 9.17) is 0 Å². The molecule has 0 atom stereocenters. The van der Waals surface area contributed by atoms with Crippen LogP contribution >= 0.6 is 27.3 Å². The minimum absolute atomic E-state index is 0.0295. The number of nitrogens with one attached hydrogen (secondary N) is 1. The van der Waals surface area contributed by atoms with Gasteiger partial charge in [-0.1, -0.05) is 19.3 Å². The molecule has 0 saturated heterocycles. The molecule has 1 aliphatic rings. The van der Waals surface area contributed by atoms with Gasteiger partial charge < -0.3 is 10.4 Å². The lowest BCUT2D eigenvalue weighted by atomic mass is 9.82. The van der Waals surface area contributed by atoms with E-state index in [1.165, 1.54) is 17.8 Å². The molecule has 2 rings (SSSR count). The molecule has 0 bridgehead atoms. The molecule has 1 amide bonds. The van der Waals surface area contributed by atoms with Crippen molar-refractivity contribution in [3.05, 3.63) is 20.8 Å². The fourth-order valence-electron chi connectivity index (χ4n) is 2.30. The van der Waals surface area contributed by atoms with Crippen molar-refractivity contribution < 1.29 is 9.90 Å². The first-order valence-electron chi connectivity index (χ1n) is 5.83. The number of hydrogen-bond acceptors (Lipinski definition) is 3. The maximum Gasteiger partial charge on any atom is 0.263 e. The Bertz CT molecular complexity index is 399. The van der Waals surface area contributed by atoms with Crippen LogP contribution in [0.2, 0.25) is 0 Å². The van der Waals surface area contributed by atoms with E-state index in [0.29, 0.717) is 4.88 Å². The Morgan fingerprint density at radius 1 is 1.47 bits per heavy atom. The van der Waals surface area contributed by atoms with Crippen molar-refractivity contribution in [2.45, 2.75) is 37.6 Å². The van der Waals surface area contributed by atoms with E-state index in [2.05, 4.69) is 21.2 Å². The van der Waals surface area contributed by atoms with E-state index in [9.17, 15) is 9.90 Å². The number of aliphatic hydroxyl groups excluding tert-OH is 1. The SMILES string of the molecule is O=C(NC1(CO)CCCCC1)c1sccc1Br. The third-order valence-electron chi connectivity index (χ3n) is 3.32. The summed E-state index contributed by atoms with van der Waals surface area (Å²) in [7, 11) is 0. The normalized spacial score (nSPS) is 18.9. The second-order valence-electron chi connectivity index (χ2n) is 4.55. The Labute approximate surface area is 113 Å². The van der Waals surface area contributed by atoms with Crippen LogP contribution in [0.5, 0.6) is 0 Å². The van der Waals surface area contributed by atoms with Crippen LogP contribution in [0.4, 0.5) is 0 Å². The molecule has 0 unspecified atom stereocenters. The first-order chi connectivity index (χ1) is 8.17. The van der Waals surface area contributed by atoms with Gasteiger partial charge in [0.25, 0.3) is 5.91 Å². The first kappa shape index (κ1) is 13.1. The van der Waals surface area contributed by atoms with Crippen LogP contribution in [0.3, 0.4) is 0 Å². The maximum atomic E-state index is 12.1. The molecule has 94 valence electrons. The van der Waals surface area contributed by atoms with Gasteiger partial charge in [-0.15, -0.1) is 11.3 Å². The van der Waals surface area contributed by atoms with Gasteiger partial charge in [0.1, 0.15) is 4.88 Å². The van der Waals surface area contributed by atoms with Gasteiger partial charge in [-0.3, -0.25) is 4.79 Å². The lowest BCUT2D eigenvalue weighted by molar-refractivity contribution is 0.0762. The van der Waals surface area contributed by atoms with Crippen molar-refractivity contribution >= 4 is 33.2 Å². The summed E-state index contributed by atoms with van der Waals surface area (Å²) >= 11 is 4.77. The van der Waals surface area contributed by atoms with Gasteiger partial charge in [0, 0.05) is 4.47 Å². The number of rotatable bonds is 3. The van der Waals surface area contributed by atoms with E-state index in [0.717, 1.165) is 30.2 Å². The van der Waals surface area contributed by atoms with Crippen LogP contribution in [-0.4, -0.2) is 23.2 Å². The van der Waals surface area contributed by atoms with Gasteiger partial charge in [0.15, 0.2) is 0 Å². The second kappa shape index (κ2) is 5.50. The molecule has 1 aromatic rings. The quantitative estimate of drug-likeness (QED) is 0.900. The minimum atomic E-state index is -0.404. The lowest BCUT2D eigenvalue weighted by Crippen LogP contribution is -2.52. The zero-order valence-corrected chi connectivity index (χ0v) is 11.9. The topological polar surface area (TPSA) is 49.3 Å². The van der Waals surface area contributed by atoms with Crippen molar-refractivity contribution in [3.63, 3.8) is 0 Å². The monoisotopic (exact) mass is 317 g/mol. The Hall–Kier alpha value is -0.390. The zero-order valence-electron chi connectivity index (χ0n) is 9.54. The fraction of sp³-hybridized carbons (Fsp3) is 0.583. The van der Waals surface area contributed by atoms with Crippen LogP contribution in [0.1, 0.15) is 41.8 Å². The molecule has 0 spiro atoms. The Balaban J connectivity index is 2.08. The fourth-order valence-corrected chi connectivity index (χ4v) is 3.75. The van der Waals surface area contributed by atoms with Crippen molar-refractivity contribution in [2.75, 3.05) is 6.61 Å². The smallest absolute Gasteiger partial charge is 0.263 e. The predicted octanol–water partition coefficient (Wildman–Crippen LogP) is 2.94. The average molecular weight is 318 g/mol. The van der Waals surface area contributed by atoms with E-state index in [-0.39, 0.29) is 12.5 Å². The molecule has 0 aliphatic heterocycles. The van der Waals surface area contributed by atoms with E-state index in [1.807, 2.05) is 11.4 Å². The molecule has 3 nitrogen and oxygen atoms in total. The van der Waals surface area contributed by atoms with E-state index < -0.39 is 5.54 Å². The van der Waals surface area contributed by atoms with E-state index >= 15 is 0 Å². The number of halogens is 1. The molecule has 1 saturated carbocycles. The van der Waals surface area contributed by atoms with Crippen LogP contribution in [0, 0.1) is 0 Å². The van der Waals surface area contributed by atoms with Gasteiger partial charge in [-0.2, -0.15) is 0 Å². The van der Waals surface area contributed by atoms with Crippen LogP contribution in [0.15, 0.2) is 15.9 Å². The molecule has 1 aromatic heterocycles. The molecular formula is C12H16BrNO2S. The molecule has 0 aromatic carbocycles.